The Kier molecular flexibility index (Phi) is 3.13. The van der Waals surface area contributed by atoms with E-state index in [4.69, 9.17) is 19.6 Å². The fourth-order valence-electron chi connectivity index (χ4n) is 2.19. The lowest BCUT2D eigenvalue weighted by atomic mass is 10.1. The van der Waals surface area contributed by atoms with E-state index in [-0.39, 0.29) is 0 Å². The SMILES string of the molecule is Cc1nc(-c2ccc3c(c2)OCCO3)c(CCN)o1. The van der Waals surface area contributed by atoms with Crippen LogP contribution in [0.15, 0.2) is 22.6 Å². The quantitative estimate of drug-likeness (QED) is 0.913. The molecule has 5 heteroatoms. The van der Waals surface area contributed by atoms with Crippen LogP contribution in [-0.2, 0) is 6.42 Å². The van der Waals surface area contributed by atoms with Crippen molar-refractivity contribution in [3.63, 3.8) is 0 Å². The van der Waals surface area contributed by atoms with Crippen molar-refractivity contribution in [3.05, 3.63) is 29.9 Å². The molecular weight excluding hydrogens is 244 g/mol. The van der Waals surface area contributed by atoms with Gasteiger partial charge >= 0.3 is 0 Å². The van der Waals surface area contributed by atoms with Gasteiger partial charge in [-0.05, 0) is 24.7 Å². The van der Waals surface area contributed by atoms with Gasteiger partial charge in [-0.2, -0.15) is 0 Å². The molecule has 0 saturated heterocycles. The molecule has 2 aromatic rings. The van der Waals surface area contributed by atoms with Crippen LogP contribution < -0.4 is 15.2 Å². The topological polar surface area (TPSA) is 70.5 Å². The molecule has 0 atom stereocenters. The molecule has 0 radical (unpaired) electrons. The van der Waals surface area contributed by atoms with Crippen molar-refractivity contribution in [1.82, 2.24) is 4.98 Å². The van der Waals surface area contributed by atoms with Crippen LogP contribution in [-0.4, -0.2) is 24.7 Å². The van der Waals surface area contributed by atoms with Crippen LogP contribution in [0.5, 0.6) is 11.5 Å². The molecule has 2 heterocycles. The second-order valence-electron chi connectivity index (χ2n) is 4.40. The predicted octanol–water partition coefficient (Wildman–Crippen LogP) is 1.92. The Balaban J connectivity index is 2.01. The summed E-state index contributed by atoms with van der Waals surface area (Å²) in [7, 11) is 0. The van der Waals surface area contributed by atoms with Crippen molar-refractivity contribution in [2.75, 3.05) is 19.8 Å². The Morgan fingerprint density at radius 3 is 2.79 bits per heavy atom. The molecule has 0 unspecified atom stereocenters. The third-order valence-corrected chi connectivity index (χ3v) is 2.99. The van der Waals surface area contributed by atoms with Crippen molar-refractivity contribution in [2.45, 2.75) is 13.3 Å². The fraction of sp³-hybridized carbons (Fsp3) is 0.357. The highest BCUT2D eigenvalue weighted by molar-refractivity contribution is 5.66. The number of fused-ring (bicyclic) bond motifs is 1. The maximum atomic E-state index is 5.60. The van der Waals surface area contributed by atoms with Crippen molar-refractivity contribution < 1.29 is 13.9 Å². The largest absolute Gasteiger partial charge is 0.486 e. The van der Waals surface area contributed by atoms with Crippen molar-refractivity contribution in [1.29, 1.82) is 0 Å². The first kappa shape index (κ1) is 12.0. The number of nitrogens with zero attached hydrogens (tertiary/aromatic N) is 1. The molecular formula is C14H16N2O3. The standard InChI is InChI=1S/C14H16N2O3/c1-9-16-14(12(19-9)4-5-15)10-2-3-11-13(8-10)18-7-6-17-11/h2-3,8H,4-7,15H2,1H3. The number of hydrogen-bond acceptors (Lipinski definition) is 5. The van der Waals surface area contributed by atoms with Crippen LogP contribution in [0.4, 0.5) is 0 Å². The number of nitrogens with two attached hydrogens (primary N) is 1. The molecule has 0 bridgehead atoms. The normalized spacial score (nSPS) is 13.6. The van der Waals surface area contributed by atoms with Gasteiger partial charge in [0.05, 0.1) is 0 Å². The van der Waals surface area contributed by atoms with E-state index in [1.54, 1.807) is 0 Å². The highest BCUT2D eigenvalue weighted by Crippen LogP contribution is 2.35. The minimum absolute atomic E-state index is 0.534. The summed E-state index contributed by atoms with van der Waals surface area (Å²) in [5.74, 6) is 2.99. The molecule has 2 N–H and O–H groups in total. The molecule has 0 fully saturated rings. The van der Waals surface area contributed by atoms with Gasteiger partial charge in [-0.15, -0.1) is 0 Å². The lowest BCUT2D eigenvalue weighted by molar-refractivity contribution is 0.171. The van der Waals surface area contributed by atoms with Crippen molar-refractivity contribution in [3.8, 4) is 22.8 Å². The summed E-state index contributed by atoms with van der Waals surface area (Å²) < 4.78 is 16.7. The van der Waals surface area contributed by atoms with Gasteiger partial charge in [0.15, 0.2) is 17.4 Å². The summed E-state index contributed by atoms with van der Waals surface area (Å²) in [6.45, 7) is 3.53. The van der Waals surface area contributed by atoms with E-state index in [0.717, 1.165) is 28.5 Å². The number of aryl methyl sites for hydroxylation is 1. The zero-order chi connectivity index (χ0) is 13.2. The first-order valence-electron chi connectivity index (χ1n) is 6.34. The zero-order valence-corrected chi connectivity index (χ0v) is 10.8. The Hall–Kier alpha value is -2.01. The highest BCUT2D eigenvalue weighted by Gasteiger charge is 2.17. The van der Waals surface area contributed by atoms with Crippen LogP contribution in [0, 0.1) is 6.92 Å². The minimum Gasteiger partial charge on any atom is -0.486 e. The maximum Gasteiger partial charge on any atom is 0.191 e. The number of benzene rings is 1. The number of oxazole rings is 1. The van der Waals surface area contributed by atoms with E-state index >= 15 is 0 Å². The number of ether oxygens (including phenoxy) is 2. The fourth-order valence-corrected chi connectivity index (χ4v) is 2.19. The molecule has 1 aliphatic heterocycles. The summed E-state index contributed by atoms with van der Waals surface area (Å²) in [5.41, 5.74) is 7.39. The zero-order valence-electron chi connectivity index (χ0n) is 10.8. The Morgan fingerprint density at radius 1 is 1.21 bits per heavy atom. The molecule has 1 aliphatic rings. The van der Waals surface area contributed by atoms with Gasteiger partial charge in [-0.25, -0.2) is 4.98 Å². The third-order valence-electron chi connectivity index (χ3n) is 2.99. The average Bonchev–Trinajstić information content (AvgIpc) is 2.80. The average molecular weight is 260 g/mol. The molecule has 0 spiro atoms. The minimum atomic E-state index is 0.534. The predicted molar refractivity (Wildman–Crippen MR) is 70.4 cm³/mol. The lowest BCUT2D eigenvalue weighted by Gasteiger charge is -2.18. The smallest absolute Gasteiger partial charge is 0.191 e. The van der Waals surface area contributed by atoms with E-state index in [0.29, 0.717) is 32.1 Å². The second-order valence-corrected chi connectivity index (χ2v) is 4.40. The number of aromatic nitrogens is 1. The van der Waals surface area contributed by atoms with E-state index in [1.165, 1.54) is 0 Å². The molecule has 0 aliphatic carbocycles. The highest BCUT2D eigenvalue weighted by atomic mass is 16.6. The van der Waals surface area contributed by atoms with Crippen molar-refractivity contribution >= 4 is 0 Å². The third kappa shape index (κ3) is 2.29. The molecule has 1 aromatic carbocycles. The molecule has 3 rings (SSSR count). The Labute approximate surface area is 111 Å². The van der Waals surface area contributed by atoms with Gasteiger partial charge in [-0.1, -0.05) is 0 Å². The molecule has 100 valence electrons. The van der Waals surface area contributed by atoms with Gasteiger partial charge in [0.1, 0.15) is 24.7 Å². The summed E-state index contributed by atoms with van der Waals surface area (Å²) in [5, 5.41) is 0. The van der Waals surface area contributed by atoms with Crippen LogP contribution in [0.1, 0.15) is 11.7 Å². The molecule has 0 saturated carbocycles. The van der Waals surface area contributed by atoms with Gasteiger partial charge in [0, 0.05) is 18.9 Å². The van der Waals surface area contributed by atoms with Gasteiger partial charge in [0.2, 0.25) is 0 Å². The van der Waals surface area contributed by atoms with E-state index in [1.807, 2.05) is 25.1 Å². The second kappa shape index (κ2) is 4.93. The van der Waals surface area contributed by atoms with Crippen LogP contribution >= 0.6 is 0 Å². The van der Waals surface area contributed by atoms with Crippen LogP contribution in [0.3, 0.4) is 0 Å². The lowest BCUT2D eigenvalue weighted by Crippen LogP contribution is -2.15. The molecule has 1 aromatic heterocycles. The molecule has 5 nitrogen and oxygen atoms in total. The summed E-state index contributed by atoms with van der Waals surface area (Å²) in [4.78, 5) is 4.43. The van der Waals surface area contributed by atoms with E-state index in [2.05, 4.69) is 4.98 Å². The van der Waals surface area contributed by atoms with E-state index in [9.17, 15) is 0 Å². The maximum absolute atomic E-state index is 5.60. The Morgan fingerprint density at radius 2 is 2.00 bits per heavy atom. The van der Waals surface area contributed by atoms with E-state index < -0.39 is 0 Å². The number of hydrogen-bond donors (Lipinski definition) is 1. The van der Waals surface area contributed by atoms with Crippen LogP contribution in [0.25, 0.3) is 11.3 Å². The first-order chi connectivity index (χ1) is 9.28. The van der Waals surface area contributed by atoms with Gasteiger partial charge in [0.25, 0.3) is 0 Å². The number of rotatable bonds is 3. The summed E-state index contributed by atoms with van der Waals surface area (Å²) in [6.07, 6.45) is 0.671. The van der Waals surface area contributed by atoms with Crippen molar-refractivity contribution in [2.24, 2.45) is 5.73 Å². The van der Waals surface area contributed by atoms with Crippen LogP contribution in [0.2, 0.25) is 0 Å². The molecule has 19 heavy (non-hydrogen) atoms. The van der Waals surface area contributed by atoms with Gasteiger partial charge < -0.3 is 19.6 Å². The monoisotopic (exact) mass is 260 g/mol. The van der Waals surface area contributed by atoms with Gasteiger partial charge in [-0.3, -0.25) is 0 Å². The molecule has 0 amide bonds. The summed E-state index contributed by atoms with van der Waals surface area (Å²) >= 11 is 0. The Bertz CT molecular complexity index is 592. The summed E-state index contributed by atoms with van der Waals surface area (Å²) in [6, 6.07) is 5.80. The first-order valence-corrected chi connectivity index (χ1v) is 6.34.